The standard InChI is InChI=1S/C11H15F3N2O3S/c1-4-20(18,19)6-5-16-8(3)9(7(2)15-16)10(17)11(12,13)14/h4-6H2,1-3H3. The molecule has 1 heterocycles. The minimum atomic E-state index is -4.97. The van der Waals surface area contributed by atoms with Crippen molar-refractivity contribution in [2.75, 3.05) is 11.5 Å². The van der Waals surface area contributed by atoms with Gasteiger partial charge in [0.2, 0.25) is 0 Å². The molecule has 0 aliphatic rings. The van der Waals surface area contributed by atoms with Crippen LogP contribution in [-0.4, -0.2) is 41.7 Å². The Kier molecular flexibility index (Phi) is 4.62. The third-order valence-electron chi connectivity index (χ3n) is 2.92. The number of hydrogen-bond acceptors (Lipinski definition) is 4. The first-order valence-corrected chi connectivity index (χ1v) is 7.67. The van der Waals surface area contributed by atoms with Gasteiger partial charge in [-0.3, -0.25) is 9.48 Å². The topological polar surface area (TPSA) is 69.0 Å². The molecule has 0 saturated carbocycles. The molecule has 0 bridgehead atoms. The largest absolute Gasteiger partial charge is 0.455 e. The molecule has 1 rings (SSSR count). The van der Waals surface area contributed by atoms with Crippen LogP contribution in [0.2, 0.25) is 0 Å². The van der Waals surface area contributed by atoms with Gasteiger partial charge < -0.3 is 0 Å². The normalized spacial score (nSPS) is 12.7. The highest BCUT2D eigenvalue weighted by molar-refractivity contribution is 7.91. The van der Waals surface area contributed by atoms with Gasteiger partial charge in [0, 0.05) is 11.4 Å². The molecule has 0 aromatic carbocycles. The minimum absolute atomic E-state index is 0.0242. The quantitative estimate of drug-likeness (QED) is 0.776. The van der Waals surface area contributed by atoms with Gasteiger partial charge in [-0.15, -0.1) is 0 Å². The number of carbonyl (C=O) groups is 1. The Labute approximate surface area is 114 Å². The molecule has 0 radical (unpaired) electrons. The summed E-state index contributed by atoms with van der Waals surface area (Å²) in [6.07, 6.45) is -4.97. The molecule has 0 N–H and O–H groups in total. The van der Waals surface area contributed by atoms with E-state index in [1.54, 1.807) is 0 Å². The molecule has 20 heavy (non-hydrogen) atoms. The van der Waals surface area contributed by atoms with E-state index >= 15 is 0 Å². The van der Waals surface area contributed by atoms with Gasteiger partial charge in [-0.1, -0.05) is 6.92 Å². The Bertz CT molecular complexity index is 618. The number of carbonyl (C=O) groups excluding carboxylic acids is 1. The van der Waals surface area contributed by atoms with Gasteiger partial charge in [0.15, 0.2) is 9.84 Å². The van der Waals surface area contributed by atoms with Crippen LogP contribution in [0.25, 0.3) is 0 Å². The van der Waals surface area contributed by atoms with Crippen molar-refractivity contribution in [1.29, 1.82) is 0 Å². The molecule has 0 fully saturated rings. The van der Waals surface area contributed by atoms with E-state index in [1.807, 2.05) is 0 Å². The van der Waals surface area contributed by atoms with Gasteiger partial charge in [-0.05, 0) is 13.8 Å². The molecule has 9 heteroatoms. The van der Waals surface area contributed by atoms with E-state index in [0.717, 1.165) is 4.68 Å². The summed E-state index contributed by atoms with van der Waals surface area (Å²) < 4.78 is 61.2. The number of rotatable bonds is 5. The van der Waals surface area contributed by atoms with Crippen molar-refractivity contribution in [2.45, 2.75) is 33.5 Å². The van der Waals surface area contributed by atoms with Crippen molar-refractivity contribution in [2.24, 2.45) is 0 Å². The summed E-state index contributed by atoms with van der Waals surface area (Å²) in [5.74, 6) is -2.25. The molecule has 5 nitrogen and oxygen atoms in total. The SMILES string of the molecule is CCS(=O)(=O)CCn1nc(C)c(C(=O)C(F)(F)F)c1C. The van der Waals surface area contributed by atoms with Crippen molar-refractivity contribution in [3.8, 4) is 0 Å². The first-order chi connectivity index (χ1) is 8.99. The number of sulfone groups is 1. The number of alkyl halides is 3. The fourth-order valence-corrected chi connectivity index (χ4v) is 2.49. The lowest BCUT2D eigenvalue weighted by atomic mass is 10.1. The number of Topliss-reactive ketones (excluding diaryl/α,β-unsaturated/α-hetero) is 1. The fourth-order valence-electron chi connectivity index (χ4n) is 1.75. The first-order valence-electron chi connectivity index (χ1n) is 5.85. The molecule has 0 amide bonds. The molecule has 0 atom stereocenters. The monoisotopic (exact) mass is 312 g/mol. The van der Waals surface area contributed by atoms with E-state index in [-0.39, 0.29) is 29.4 Å². The lowest BCUT2D eigenvalue weighted by molar-refractivity contribution is -0.0886. The zero-order valence-corrected chi connectivity index (χ0v) is 12.1. The highest BCUT2D eigenvalue weighted by atomic mass is 32.2. The second-order valence-corrected chi connectivity index (χ2v) is 6.80. The molecule has 0 spiro atoms. The molecule has 0 aliphatic heterocycles. The van der Waals surface area contributed by atoms with E-state index < -0.39 is 27.4 Å². The van der Waals surface area contributed by atoms with Crippen LogP contribution < -0.4 is 0 Å². The summed E-state index contributed by atoms with van der Waals surface area (Å²) in [6, 6.07) is 0. The molecule has 0 saturated heterocycles. The highest BCUT2D eigenvalue weighted by Gasteiger charge is 2.42. The van der Waals surface area contributed by atoms with Gasteiger partial charge in [0.1, 0.15) is 0 Å². The zero-order valence-electron chi connectivity index (χ0n) is 11.3. The highest BCUT2D eigenvalue weighted by Crippen LogP contribution is 2.25. The van der Waals surface area contributed by atoms with Crippen LogP contribution >= 0.6 is 0 Å². The van der Waals surface area contributed by atoms with Gasteiger partial charge in [-0.25, -0.2) is 8.42 Å². The second kappa shape index (κ2) is 5.55. The van der Waals surface area contributed by atoms with E-state index in [1.165, 1.54) is 20.8 Å². The average molecular weight is 312 g/mol. The second-order valence-electron chi connectivity index (χ2n) is 4.33. The lowest BCUT2D eigenvalue weighted by Gasteiger charge is -2.07. The third-order valence-corrected chi connectivity index (χ3v) is 4.60. The molecule has 0 unspecified atom stereocenters. The third kappa shape index (κ3) is 3.59. The number of hydrogen-bond donors (Lipinski definition) is 0. The Morgan fingerprint density at radius 2 is 1.85 bits per heavy atom. The molecular weight excluding hydrogens is 297 g/mol. The summed E-state index contributed by atoms with van der Waals surface area (Å²) in [5, 5.41) is 3.81. The summed E-state index contributed by atoms with van der Waals surface area (Å²) >= 11 is 0. The Hall–Kier alpha value is -1.38. The Balaban J connectivity index is 3.07. The van der Waals surface area contributed by atoms with E-state index in [0.29, 0.717) is 0 Å². The minimum Gasteiger partial charge on any atom is -0.284 e. The van der Waals surface area contributed by atoms with Crippen LogP contribution in [0.3, 0.4) is 0 Å². The van der Waals surface area contributed by atoms with Crippen LogP contribution in [0.15, 0.2) is 0 Å². The van der Waals surface area contributed by atoms with Crippen molar-refractivity contribution >= 4 is 15.6 Å². The molecule has 1 aromatic rings. The van der Waals surface area contributed by atoms with Crippen LogP contribution in [-0.2, 0) is 16.4 Å². The van der Waals surface area contributed by atoms with Crippen LogP contribution in [0.5, 0.6) is 0 Å². The van der Waals surface area contributed by atoms with Crippen molar-refractivity contribution in [3.05, 3.63) is 17.0 Å². The molecular formula is C11H15F3N2O3S. The van der Waals surface area contributed by atoms with E-state index in [9.17, 15) is 26.4 Å². The fraction of sp³-hybridized carbons (Fsp3) is 0.636. The molecule has 0 aliphatic carbocycles. The predicted molar refractivity (Wildman–Crippen MR) is 66.4 cm³/mol. The van der Waals surface area contributed by atoms with E-state index in [4.69, 9.17) is 0 Å². The van der Waals surface area contributed by atoms with Crippen molar-refractivity contribution in [3.63, 3.8) is 0 Å². The van der Waals surface area contributed by atoms with Gasteiger partial charge in [-0.2, -0.15) is 18.3 Å². The Morgan fingerprint density at radius 1 is 1.30 bits per heavy atom. The number of halogens is 3. The number of nitrogens with zero attached hydrogens (tertiary/aromatic N) is 2. The van der Waals surface area contributed by atoms with Crippen molar-refractivity contribution < 1.29 is 26.4 Å². The lowest BCUT2D eigenvalue weighted by Crippen LogP contribution is -2.24. The van der Waals surface area contributed by atoms with Crippen LogP contribution in [0, 0.1) is 13.8 Å². The first kappa shape index (κ1) is 16.7. The van der Waals surface area contributed by atoms with Gasteiger partial charge in [0.25, 0.3) is 5.78 Å². The summed E-state index contributed by atoms with van der Waals surface area (Å²) in [7, 11) is -3.25. The average Bonchev–Trinajstić information content (AvgIpc) is 2.60. The summed E-state index contributed by atoms with van der Waals surface area (Å²) in [4.78, 5) is 11.3. The van der Waals surface area contributed by atoms with Gasteiger partial charge >= 0.3 is 6.18 Å². The number of aromatic nitrogens is 2. The van der Waals surface area contributed by atoms with E-state index in [2.05, 4.69) is 5.10 Å². The maximum Gasteiger partial charge on any atom is 0.455 e. The van der Waals surface area contributed by atoms with Gasteiger partial charge in [0.05, 0.1) is 23.6 Å². The molecule has 1 aromatic heterocycles. The van der Waals surface area contributed by atoms with Crippen molar-refractivity contribution in [1.82, 2.24) is 9.78 Å². The summed E-state index contributed by atoms with van der Waals surface area (Å²) in [6.45, 7) is 4.01. The van der Waals surface area contributed by atoms with Crippen LogP contribution in [0.1, 0.15) is 28.7 Å². The van der Waals surface area contributed by atoms with Crippen LogP contribution in [0.4, 0.5) is 13.2 Å². The number of ketones is 1. The Morgan fingerprint density at radius 3 is 2.30 bits per heavy atom. The zero-order chi connectivity index (χ0) is 15.7. The molecule has 114 valence electrons. The maximum atomic E-state index is 12.5. The number of aryl methyl sites for hydroxylation is 2. The maximum absolute atomic E-state index is 12.5. The smallest absolute Gasteiger partial charge is 0.284 e. The predicted octanol–water partition coefficient (Wildman–Crippen LogP) is 1.68. The summed E-state index contributed by atoms with van der Waals surface area (Å²) in [5.41, 5.74) is -0.541.